The zero-order chi connectivity index (χ0) is 14.5. The van der Waals surface area contributed by atoms with E-state index in [1.165, 1.54) is 0 Å². The van der Waals surface area contributed by atoms with Gasteiger partial charge in [-0.2, -0.15) is 0 Å². The molecule has 0 bridgehead atoms. The molecule has 0 aromatic heterocycles. The van der Waals surface area contributed by atoms with Gasteiger partial charge in [-0.15, -0.1) is 0 Å². The van der Waals surface area contributed by atoms with Crippen molar-refractivity contribution in [2.45, 2.75) is 25.8 Å². The van der Waals surface area contributed by atoms with Gasteiger partial charge in [0.25, 0.3) is 5.91 Å². The fraction of sp³-hybridized carbons (Fsp3) is 0.429. The quantitative estimate of drug-likeness (QED) is 0.316. The summed E-state index contributed by atoms with van der Waals surface area (Å²) in [6, 6.07) is 6.59. The van der Waals surface area contributed by atoms with Crippen molar-refractivity contribution in [1.29, 1.82) is 0 Å². The third kappa shape index (κ3) is 3.20. The van der Waals surface area contributed by atoms with Crippen LogP contribution in [0.2, 0.25) is 0 Å². The monoisotopic (exact) mass is 277 g/mol. The van der Waals surface area contributed by atoms with Gasteiger partial charge in [0.2, 0.25) is 0 Å². The van der Waals surface area contributed by atoms with Crippen molar-refractivity contribution in [3.8, 4) is 5.75 Å². The number of oxime groups is 1. The number of nitrogens with zero attached hydrogens (tertiary/aromatic N) is 1. The average Bonchev–Trinajstić information content (AvgIpc) is 3.29. The number of carbonyl (C=O) groups excluding carboxylic acids is 1. The molecule has 1 atom stereocenters. The summed E-state index contributed by atoms with van der Waals surface area (Å²) in [5.74, 6) is 0.531. The average molecular weight is 277 g/mol. The Morgan fingerprint density at radius 1 is 1.55 bits per heavy atom. The number of ether oxygens (including phenoxy) is 1. The first-order valence-electron chi connectivity index (χ1n) is 6.67. The van der Waals surface area contributed by atoms with Gasteiger partial charge in [-0.05, 0) is 37.8 Å². The molecule has 0 aliphatic heterocycles. The minimum absolute atomic E-state index is 0.0368. The van der Waals surface area contributed by atoms with Crippen LogP contribution in [-0.2, 0) is 0 Å². The minimum atomic E-state index is -0.429. The maximum Gasteiger partial charge on any atom is 0.255 e. The Balaban J connectivity index is 2.14. The Labute approximate surface area is 117 Å². The Bertz CT molecular complexity index is 512. The molecule has 0 saturated heterocycles. The van der Waals surface area contributed by atoms with Crippen molar-refractivity contribution in [3.05, 3.63) is 29.8 Å². The van der Waals surface area contributed by atoms with E-state index < -0.39 is 6.04 Å². The summed E-state index contributed by atoms with van der Waals surface area (Å²) in [7, 11) is 0. The van der Waals surface area contributed by atoms with Crippen LogP contribution in [0.15, 0.2) is 29.4 Å². The first kappa shape index (κ1) is 14.2. The molecule has 0 spiro atoms. The Kier molecular flexibility index (Phi) is 4.45. The number of carbonyl (C=O) groups is 1. The van der Waals surface area contributed by atoms with Gasteiger partial charge in [-0.3, -0.25) is 4.79 Å². The molecule has 20 heavy (non-hydrogen) atoms. The van der Waals surface area contributed by atoms with E-state index in [2.05, 4.69) is 10.5 Å². The topological polar surface area (TPSA) is 96.9 Å². The Hall–Kier alpha value is -2.24. The van der Waals surface area contributed by atoms with Crippen LogP contribution >= 0.6 is 0 Å². The van der Waals surface area contributed by atoms with Crippen LogP contribution in [0.5, 0.6) is 5.75 Å². The molecule has 1 fully saturated rings. The lowest BCUT2D eigenvalue weighted by Crippen LogP contribution is -2.46. The van der Waals surface area contributed by atoms with E-state index in [4.69, 9.17) is 15.7 Å². The fourth-order valence-electron chi connectivity index (χ4n) is 2.08. The van der Waals surface area contributed by atoms with Crippen molar-refractivity contribution in [1.82, 2.24) is 5.32 Å². The summed E-state index contributed by atoms with van der Waals surface area (Å²) in [4.78, 5) is 12.3. The van der Waals surface area contributed by atoms with Crippen molar-refractivity contribution in [3.63, 3.8) is 0 Å². The van der Waals surface area contributed by atoms with Crippen LogP contribution in [-0.4, -0.2) is 29.6 Å². The van der Waals surface area contributed by atoms with Gasteiger partial charge < -0.3 is 21.0 Å². The number of nitrogens with two attached hydrogens (primary N) is 1. The standard InChI is InChI=1S/C14H19N3O3/c1-2-20-11-6-4-3-5-10(11)14(18)16-12(9-7-8-9)13(15)17-19/h3-6,9,12,19H,2,7-8H2,1H3,(H2,15,17)(H,16,18). The Morgan fingerprint density at radius 3 is 2.85 bits per heavy atom. The van der Waals surface area contributed by atoms with E-state index in [0.29, 0.717) is 17.9 Å². The van der Waals surface area contributed by atoms with Crippen molar-refractivity contribution < 1.29 is 14.7 Å². The number of para-hydroxylation sites is 1. The lowest BCUT2D eigenvalue weighted by atomic mass is 10.1. The first-order chi connectivity index (χ1) is 9.67. The van der Waals surface area contributed by atoms with Crippen LogP contribution < -0.4 is 15.8 Å². The molecular weight excluding hydrogens is 258 g/mol. The number of hydrogen-bond acceptors (Lipinski definition) is 4. The minimum Gasteiger partial charge on any atom is -0.493 e. The van der Waals surface area contributed by atoms with E-state index in [1.54, 1.807) is 18.2 Å². The molecule has 1 saturated carbocycles. The zero-order valence-corrected chi connectivity index (χ0v) is 11.4. The highest BCUT2D eigenvalue weighted by Gasteiger charge is 2.35. The summed E-state index contributed by atoms with van der Waals surface area (Å²) in [5.41, 5.74) is 6.09. The number of rotatable bonds is 6. The molecule has 1 unspecified atom stereocenters. The summed E-state index contributed by atoms with van der Waals surface area (Å²) >= 11 is 0. The molecule has 1 aliphatic rings. The molecule has 1 aromatic carbocycles. The van der Waals surface area contributed by atoms with Gasteiger partial charge in [0.1, 0.15) is 5.75 Å². The molecule has 1 aliphatic carbocycles. The van der Waals surface area contributed by atoms with Crippen LogP contribution in [0, 0.1) is 5.92 Å². The molecule has 108 valence electrons. The lowest BCUT2D eigenvalue weighted by Gasteiger charge is -2.17. The number of hydrogen-bond donors (Lipinski definition) is 3. The van der Waals surface area contributed by atoms with Crippen LogP contribution in [0.3, 0.4) is 0 Å². The summed E-state index contributed by atoms with van der Waals surface area (Å²) in [6.45, 7) is 2.34. The smallest absolute Gasteiger partial charge is 0.255 e. The van der Waals surface area contributed by atoms with Crippen LogP contribution in [0.4, 0.5) is 0 Å². The second kappa shape index (κ2) is 6.27. The summed E-state index contributed by atoms with van der Waals surface area (Å²) < 4.78 is 5.43. The number of amidine groups is 1. The third-order valence-electron chi connectivity index (χ3n) is 3.25. The highest BCUT2D eigenvalue weighted by Crippen LogP contribution is 2.33. The van der Waals surface area contributed by atoms with E-state index >= 15 is 0 Å². The Morgan fingerprint density at radius 2 is 2.25 bits per heavy atom. The maximum atomic E-state index is 12.3. The maximum absolute atomic E-state index is 12.3. The van der Waals surface area contributed by atoms with E-state index in [1.807, 2.05) is 13.0 Å². The van der Waals surface area contributed by atoms with Gasteiger partial charge in [-0.25, -0.2) is 0 Å². The normalized spacial score (nSPS) is 16.6. The van der Waals surface area contributed by atoms with Gasteiger partial charge in [0, 0.05) is 0 Å². The summed E-state index contributed by atoms with van der Waals surface area (Å²) in [5, 5.41) is 14.6. The lowest BCUT2D eigenvalue weighted by molar-refractivity contribution is 0.0939. The third-order valence-corrected chi connectivity index (χ3v) is 3.25. The van der Waals surface area contributed by atoms with Crippen molar-refractivity contribution >= 4 is 11.7 Å². The predicted molar refractivity (Wildman–Crippen MR) is 75.0 cm³/mol. The van der Waals surface area contributed by atoms with Crippen LogP contribution in [0.25, 0.3) is 0 Å². The van der Waals surface area contributed by atoms with Crippen LogP contribution in [0.1, 0.15) is 30.1 Å². The highest BCUT2D eigenvalue weighted by molar-refractivity contribution is 6.00. The van der Waals surface area contributed by atoms with Gasteiger partial charge >= 0.3 is 0 Å². The fourth-order valence-corrected chi connectivity index (χ4v) is 2.08. The van der Waals surface area contributed by atoms with Crippen molar-refractivity contribution in [2.24, 2.45) is 16.8 Å². The SMILES string of the molecule is CCOc1ccccc1C(=O)NC(C(N)=NO)C1CC1. The van der Waals surface area contributed by atoms with Gasteiger partial charge in [-0.1, -0.05) is 17.3 Å². The molecule has 4 N–H and O–H groups in total. The van der Waals surface area contributed by atoms with E-state index in [-0.39, 0.29) is 17.7 Å². The predicted octanol–water partition coefficient (Wildman–Crippen LogP) is 1.34. The number of amides is 1. The van der Waals surface area contributed by atoms with Gasteiger partial charge in [0.05, 0.1) is 18.2 Å². The molecule has 6 nitrogen and oxygen atoms in total. The molecule has 2 rings (SSSR count). The molecular formula is C14H19N3O3. The first-order valence-corrected chi connectivity index (χ1v) is 6.67. The zero-order valence-electron chi connectivity index (χ0n) is 11.4. The van der Waals surface area contributed by atoms with Crippen molar-refractivity contribution in [2.75, 3.05) is 6.61 Å². The van der Waals surface area contributed by atoms with Gasteiger partial charge in [0.15, 0.2) is 5.84 Å². The van der Waals surface area contributed by atoms with E-state index in [9.17, 15) is 4.79 Å². The molecule has 6 heteroatoms. The summed E-state index contributed by atoms with van der Waals surface area (Å²) in [6.07, 6.45) is 1.93. The molecule has 1 amide bonds. The highest BCUT2D eigenvalue weighted by atomic mass is 16.5. The second-order valence-electron chi connectivity index (χ2n) is 4.74. The largest absolute Gasteiger partial charge is 0.493 e. The second-order valence-corrected chi connectivity index (χ2v) is 4.74. The molecule has 1 aromatic rings. The molecule has 0 heterocycles. The molecule has 0 radical (unpaired) electrons. The number of nitrogens with one attached hydrogen (secondary N) is 1. The van der Waals surface area contributed by atoms with E-state index in [0.717, 1.165) is 12.8 Å². The number of benzene rings is 1.